The maximum atomic E-state index is 12.3. The van der Waals surface area contributed by atoms with Crippen molar-refractivity contribution in [1.29, 1.82) is 0 Å². The van der Waals surface area contributed by atoms with Gasteiger partial charge in [-0.15, -0.1) is 0 Å². The van der Waals surface area contributed by atoms with Crippen molar-refractivity contribution in [3.05, 3.63) is 29.3 Å². The van der Waals surface area contributed by atoms with Gasteiger partial charge in [-0.05, 0) is 51.3 Å². The Morgan fingerprint density at radius 2 is 2.11 bits per heavy atom. The molecular weight excluding hydrogens is 348 g/mol. The molecule has 0 bridgehead atoms. The normalized spacial score (nSPS) is 18.4. The molecule has 2 unspecified atom stereocenters. The number of amides is 2. The van der Waals surface area contributed by atoms with E-state index in [2.05, 4.69) is 5.32 Å². The Hall–Kier alpha value is -2.28. The lowest BCUT2D eigenvalue weighted by molar-refractivity contribution is -0.130. The third kappa shape index (κ3) is 5.35. The van der Waals surface area contributed by atoms with E-state index in [0.717, 1.165) is 11.1 Å². The minimum absolute atomic E-state index is 0.0226. The molecule has 0 saturated carbocycles. The zero-order valence-corrected chi connectivity index (χ0v) is 16.7. The number of nitrogens with one attached hydrogen (secondary N) is 1. The van der Waals surface area contributed by atoms with E-state index in [4.69, 9.17) is 9.47 Å². The summed E-state index contributed by atoms with van der Waals surface area (Å²) in [6.45, 7) is 7.85. The van der Waals surface area contributed by atoms with Crippen LogP contribution in [0, 0.1) is 6.92 Å². The second-order valence-electron chi connectivity index (χ2n) is 7.74. The highest BCUT2D eigenvalue weighted by molar-refractivity contribution is 5.79. The number of aliphatic hydroxyl groups excluding tert-OH is 1. The Kier molecular flexibility index (Phi) is 6.70. The van der Waals surface area contributed by atoms with Crippen molar-refractivity contribution in [2.45, 2.75) is 58.3 Å². The van der Waals surface area contributed by atoms with Crippen molar-refractivity contribution in [1.82, 2.24) is 10.2 Å². The Morgan fingerprint density at radius 1 is 1.41 bits per heavy atom. The second kappa shape index (κ2) is 8.61. The first-order valence-electron chi connectivity index (χ1n) is 9.22. The summed E-state index contributed by atoms with van der Waals surface area (Å²) in [4.78, 5) is 25.7. The van der Waals surface area contributed by atoms with Crippen LogP contribution in [0.4, 0.5) is 4.79 Å². The Morgan fingerprint density at radius 3 is 2.74 bits per heavy atom. The summed E-state index contributed by atoms with van der Waals surface area (Å²) in [6, 6.07) is 5.19. The first kappa shape index (κ1) is 21.0. The lowest BCUT2D eigenvalue weighted by Crippen LogP contribution is -2.43. The molecule has 150 valence electrons. The third-order valence-electron chi connectivity index (χ3n) is 4.62. The summed E-state index contributed by atoms with van der Waals surface area (Å²) in [6.07, 6.45) is -0.372. The van der Waals surface area contributed by atoms with E-state index in [-0.39, 0.29) is 18.5 Å². The number of likely N-dealkylation sites (tertiary alicyclic amines) is 1. The molecule has 1 aliphatic rings. The predicted molar refractivity (Wildman–Crippen MR) is 102 cm³/mol. The van der Waals surface area contributed by atoms with E-state index in [1.165, 1.54) is 0 Å². The number of nitrogens with zero attached hydrogens (tertiary/aromatic N) is 1. The van der Waals surface area contributed by atoms with Gasteiger partial charge in [0, 0.05) is 19.5 Å². The van der Waals surface area contributed by atoms with Crippen LogP contribution in [0.25, 0.3) is 0 Å². The van der Waals surface area contributed by atoms with Crippen LogP contribution in [0.5, 0.6) is 5.75 Å². The van der Waals surface area contributed by atoms with E-state index < -0.39 is 17.8 Å². The number of hydrogen-bond donors (Lipinski definition) is 2. The van der Waals surface area contributed by atoms with E-state index in [9.17, 15) is 14.7 Å². The molecule has 1 saturated heterocycles. The van der Waals surface area contributed by atoms with Gasteiger partial charge in [0.2, 0.25) is 5.91 Å². The number of carbonyl (C=O) groups excluding carboxylic acids is 2. The number of benzene rings is 1. The molecule has 27 heavy (non-hydrogen) atoms. The fourth-order valence-corrected chi connectivity index (χ4v) is 3.35. The van der Waals surface area contributed by atoms with Crippen LogP contribution in [-0.2, 0) is 9.53 Å². The smallest absolute Gasteiger partial charge is 0.407 e. The van der Waals surface area contributed by atoms with Crippen molar-refractivity contribution >= 4 is 12.0 Å². The fraction of sp³-hybridized carbons (Fsp3) is 0.600. The lowest BCUT2D eigenvalue weighted by Gasteiger charge is -2.30. The summed E-state index contributed by atoms with van der Waals surface area (Å²) in [5.41, 5.74) is 1.04. The maximum absolute atomic E-state index is 12.3. The zero-order chi connectivity index (χ0) is 20.2. The molecule has 1 heterocycles. The largest absolute Gasteiger partial charge is 0.496 e. The predicted octanol–water partition coefficient (Wildman–Crippen LogP) is 2.55. The van der Waals surface area contributed by atoms with Crippen molar-refractivity contribution in [2.24, 2.45) is 0 Å². The van der Waals surface area contributed by atoms with Gasteiger partial charge in [0.05, 0.1) is 19.3 Å². The van der Waals surface area contributed by atoms with Gasteiger partial charge in [0.1, 0.15) is 11.4 Å². The van der Waals surface area contributed by atoms with Crippen LogP contribution in [0.3, 0.4) is 0 Å². The highest BCUT2D eigenvalue weighted by atomic mass is 16.6. The zero-order valence-electron chi connectivity index (χ0n) is 16.7. The van der Waals surface area contributed by atoms with Crippen LogP contribution in [0.15, 0.2) is 18.2 Å². The van der Waals surface area contributed by atoms with Crippen LogP contribution < -0.4 is 10.1 Å². The van der Waals surface area contributed by atoms with Gasteiger partial charge in [-0.25, -0.2) is 4.79 Å². The molecule has 2 N–H and O–H groups in total. The first-order chi connectivity index (χ1) is 12.6. The Labute approximate surface area is 160 Å². The molecule has 7 nitrogen and oxygen atoms in total. The molecule has 0 aliphatic carbocycles. The van der Waals surface area contributed by atoms with Gasteiger partial charge in [0.25, 0.3) is 0 Å². The van der Waals surface area contributed by atoms with Gasteiger partial charge >= 0.3 is 6.09 Å². The van der Waals surface area contributed by atoms with Crippen LogP contribution >= 0.6 is 0 Å². The quantitative estimate of drug-likeness (QED) is 0.794. The molecule has 2 atom stereocenters. The second-order valence-corrected chi connectivity index (χ2v) is 7.74. The first-order valence-corrected chi connectivity index (χ1v) is 9.22. The summed E-state index contributed by atoms with van der Waals surface area (Å²) in [7, 11) is 1.59. The fourth-order valence-electron chi connectivity index (χ4n) is 3.35. The van der Waals surface area contributed by atoms with Crippen molar-refractivity contribution in [3.8, 4) is 5.75 Å². The monoisotopic (exact) mass is 378 g/mol. The molecular formula is C20H30N2O5. The average Bonchev–Trinajstić information content (AvgIpc) is 2.94. The molecule has 2 amide bonds. The molecule has 1 fully saturated rings. The molecule has 0 radical (unpaired) electrons. The number of hydrogen-bond acceptors (Lipinski definition) is 5. The topological polar surface area (TPSA) is 88.1 Å². The van der Waals surface area contributed by atoms with Gasteiger partial charge in [-0.1, -0.05) is 12.1 Å². The SMILES string of the molecule is COc1cccc(C(O)C2CCC(=O)N2CCNC(=O)OC(C)(C)C)c1C. The van der Waals surface area contributed by atoms with Gasteiger partial charge in [-0.2, -0.15) is 0 Å². The van der Waals surface area contributed by atoms with Crippen LogP contribution in [-0.4, -0.2) is 53.8 Å². The maximum Gasteiger partial charge on any atom is 0.407 e. The third-order valence-corrected chi connectivity index (χ3v) is 4.62. The van der Waals surface area contributed by atoms with E-state index in [1.807, 2.05) is 25.1 Å². The average molecular weight is 378 g/mol. The summed E-state index contributed by atoms with van der Waals surface area (Å²) in [5.74, 6) is 0.680. The standard InChI is InChI=1S/C20H30N2O5/c1-13-14(7-6-8-16(13)26-5)18(24)15-9-10-17(23)22(15)12-11-21-19(25)27-20(2,3)4/h6-8,15,18,24H,9-12H2,1-5H3,(H,21,25). The number of methoxy groups -OCH3 is 1. The minimum atomic E-state index is -0.812. The van der Waals surface area contributed by atoms with Gasteiger partial charge < -0.3 is 24.8 Å². The molecule has 0 aromatic heterocycles. The number of alkyl carbamates (subject to hydrolysis) is 1. The van der Waals surface area contributed by atoms with Crippen LogP contribution in [0.1, 0.15) is 50.8 Å². The summed E-state index contributed by atoms with van der Waals surface area (Å²) in [5, 5.41) is 13.6. The van der Waals surface area contributed by atoms with E-state index in [0.29, 0.717) is 25.1 Å². The molecule has 1 aliphatic heterocycles. The Bertz CT molecular complexity index is 683. The minimum Gasteiger partial charge on any atom is -0.496 e. The van der Waals surface area contributed by atoms with Crippen molar-refractivity contribution in [2.75, 3.05) is 20.2 Å². The molecule has 1 aromatic carbocycles. The number of rotatable bonds is 6. The van der Waals surface area contributed by atoms with E-state index in [1.54, 1.807) is 32.8 Å². The van der Waals surface area contributed by atoms with Crippen molar-refractivity contribution in [3.63, 3.8) is 0 Å². The number of carbonyl (C=O) groups is 2. The highest BCUT2D eigenvalue weighted by Gasteiger charge is 2.37. The molecule has 2 rings (SSSR count). The molecule has 0 spiro atoms. The lowest BCUT2D eigenvalue weighted by atomic mass is 9.96. The summed E-state index contributed by atoms with van der Waals surface area (Å²) >= 11 is 0. The van der Waals surface area contributed by atoms with E-state index >= 15 is 0 Å². The summed E-state index contributed by atoms with van der Waals surface area (Å²) < 4.78 is 10.5. The molecule has 7 heteroatoms. The number of ether oxygens (including phenoxy) is 2. The number of aliphatic hydroxyl groups is 1. The van der Waals surface area contributed by atoms with Gasteiger partial charge in [0.15, 0.2) is 0 Å². The van der Waals surface area contributed by atoms with Crippen molar-refractivity contribution < 1.29 is 24.2 Å². The van der Waals surface area contributed by atoms with Crippen LogP contribution in [0.2, 0.25) is 0 Å². The van der Waals surface area contributed by atoms with Gasteiger partial charge in [-0.3, -0.25) is 4.79 Å². The highest BCUT2D eigenvalue weighted by Crippen LogP contribution is 2.34. The Balaban J connectivity index is 2.02. The molecule has 1 aromatic rings.